The normalized spacial score (nSPS) is 11.5. The highest BCUT2D eigenvalue weighted by Crippen LogP contribution is 2.50. The van der Waals surface area contributed by atoms with E-state index in [0.717, 1.165) is 106 Å². The first-order valence-corrected chi connectivity index (χ1v) is 24.3. The van der Waals surface area contributed by atoms with Gasteiger partial charge in [0, 0.05) is 55.4 Å². The average molecular weight is 931 g/mol. The predicted molar refractivity (Wildman–Crippen MR) is 299 cm³/mol. The Hall–Kier alpha value is -9.09. The molecule has 0 amide bonds. The topological polar surface area (TPSA) is 24.6 Å². The molecule has 0 aliphatic rings. The molecule has 0 bridgehead atoms. The van der Waals surface area contributed by atoms with Crippen molar-refractivity contribution in [3.63, 3.8) is 0 Å². The number of furan rings is 1. The number of anilines is 6. The third kappa shape index (κ3) is 7.50. The van der Waals surface area contributed by atoms with E-state index in [9.17, 15) is 0 Å². The Morgan fingerprint density at radius 1 is 0.324 bits per heavy atom. The number of benzene rings is 11. The van der Waals surface area contributed by atoms with Crippen LogP contribution < -0.4 is 9.80 Å². The van der Waals surface area contributed by atoms with Crippen LogP contribution in [0.1, 0.15) is 0 Å². The highest BCUT2D eigenvalue weighted by Gasteiger charge is 2.26. The zero-order valence-electron chi connectivity index (χ0n) is 38.5. The van der Waals surface area contributed by atoms with Gasteiger partial charge in [0.05, 0.1) is 39.2 Å². The molecule has 13 aromatic rings. The van der Waals surface area contributed by atoms with E-state index in [1.807, 2.05) is 24.3 Å². The molecule has 0 fully saturated rings. The molecule has 0 unspecified atom stereocenters. The van der Waals surface area contributed by atoms with Crippen molar-refractivity contribution in [2.75, 3.05) is 9.80 Å². The summed E-state index contributed by atoms with van der Waals surface area (Å²) in [5.41, 5.74) is 17.3. The summed E-state index contributed by atoms with van der Waals surface area (Å²) in [5, 5.41) is 5.15. The monoisotopic (exact) mass is 929 g/mol. The van der Waals surface area contributed by atoms with Crippen LogP contribution in [0.2, 0.25) is 5.02 Å². The fraction of sp³-hybridized carbons (Fsp3) is 0. The quantitative estimate of drug-likeness (QED) is 0.137. The van der Waals surface area contributed by atoms with Gasteiger partial charge in [0.2, 0.25) is 0 Å². The van der Waals surface area contributed by atoms with Crippen LogP contribution >= 0.6 is 11.6 Å². The molecular weight excluding hydrogens is 886 g/mol. The van der Waals surface area contributed by atoms with Crippen LogP contribution in [0.4, 0.5) is 34.1 Å². The summed E-state index contributed by atoms with van der Waals surface area (Å²) in [7, 11) is 0. The minimum atomic E-state index is 0.652. The molecule has 5 heteroatoms. The summed E-state index contributed by atoms with van der Waals surface area (Å²) in [6.07, 6.45) is 0. The lowest BCUT2D eigenvalue weighted by atomic mass is 9.98. The molecule has 4 nitrogen and oxygen atoms in total. The molecule has 2 aromatic heterocycles. The Bertz CT molecular complexity index is 4030. The molecule has 11 aromatic carbocycles. The summed E-state index contributed by atoms with van der Waals surface area (Å²) >= 11 is 6.93. The minimum absolute atomic E-state index is 0.652. The maximum Gasteiger partial charge on any atom is 0.139 e. The van der Waals surface area contributed by atoms with Crippen molar-refractivity contribution < 1.29 is 4.42 Å². The van der Waals surface area contributed by atoms with Crippen molar-refractivity contribution in [1.82, 2.24) is 4.57 Å². The molecule has 0 spiro atoms. The maximum absolute atomic E-state index is 6.97. The van der Waals surface area contributed by atoms with Crippen LogP contribution in [0, 0.1) is 0 Å². The molecular formula is C66H44ClN3O. The van der Waals surface area contributed by atoms with E-state index in [2.05, 4.69) is 257 Å². The van der Waals surface area contributed by atoms with Gasteiger partial charge in [-0.2, -0.15) is 0 Å². The van der Waals surface area contributed by atoms with Crippen LogP contribution in [0.5, 0.6) is 0 Å². The Morgan fingerprint density at radius 2 is 0.803 bits per heavy atom. The number of para-hydroxylation sites is 5. The smallest absolute Gasteiger partial charge is 0.139 e. The number of fused-ring (bicyclic) bond motifs is 6. The Kier molecular flexibility index (Phi) is 10.5. The molecule has 0 saturated carbocycles. The minimum Gasteiger partial charge on any atom is -0.456 e. The third-order valence-electron chi connectivity index (χ3n) is 13.6. The van der Waals surface area contributed by atoms with Gasteiger partial charge in [-0.1, -0.05) is 200 Å². The average Bonchev–Trinajstić information content (AvgIpc) is 3.98. The summed E-state index contributed by atoms with van der Waals surface area (Å²) in [4.78, 5) is 4.76. The molecule has 0 aliphatic carbocycles. The maximum atomic E-state index is 6.97. The standard InChI is InChI=1S/C66H44ClN3O/c67-49-27-20-28-50(41-49)68(59-34-15-10-29-54(59)46-23-6-2-7-24-46)51-39-48(45-21-4-1-5-22-45)40-52(42-51)69(60-35-16-11-30-55(60)47-25-8-3-9-26-47)53-43-63(66-58-33-14-19-38-64(58)71-65(66)44-53)70-61-36-17-12-31-56(61)57-32-13-18-37-62(57)70/h1-44H. The van der Waals surface area contributed by atoms with E-state index >= 15 is 0 Å². The second-order valence-electron chi connectivity index (χ2n) is 17.8. The van der Waals surface area contributed by atoms with E-state index in [1.165, 1.54) is 10.8 Å². The van der Waals surface area contributed by atoms with Gasteiger partial charge in [-0.3, -0.25) is 0 Å². The van der Waals surface area contributed by atoms with Crippen molar-refractivity contribution >= 4 is 89.5 Å². The highest BCUT2D eigenvalue weighted by atomic mass is 35.5. The number of aromatic nitrogens is 1. The van der Waals surface area contributed by atoms with Gasteiger partial charge in [-0.25, -0.2) is 0 Å². The molecule has 0 atom stereocenters. The lowest BCUT2D eigenvalue weighted by molar-refractivity contribution is 0.669. The summed E-state index contributed by atoms with van der Waals surface area (Å²) < 4.78 is 9.39. The Balaban J connectivity index is 1.15. The number of halogens is 1. The lowest BCUT2D eigenvalue weighted by Gasteiger charge is -2.32. The Labute approximate surface area is 417 Å². The highest BCUT2D eigenvalue weighted by molar-refractivity contribution is 6.31. The van der Waals surface area contributed by atoms with Gasteiger partial charge in [0.15, 0.2) is 0 Å². The van der Waals surface area contributed by atoms with Crippen LogP contribution in [-0.2, 0) is 0 Å². The number of hydrogen-bond acceptors (Lipinski definition) is 3. The van der Waals surface area contributed by atoms with Gasteiger partial charge in [-0.05, 0) is 95.1 Å². The SMILES string of the molecule is Clc1cccc(N(c2cc(-c3ccccc3)cc(N(c3cc(-n4c5ccccc5c5ccccc54)c4c(c3)oc3ccccc34)c3ccccc3-c3ccccc3)c2)c2ccccc2-c2ccccc2)c1. The van der Waals surface area contributed by atoms with Gasteiger partial charge in [0.1, 0.15) is 11.2 Å². The molecule has 0 N–H and O–H groups in total. The van der Waals surface area contributed by atoms with E-state index in [1.54, 1.807) is 0 Å². The Morgan fingerprint density at radius 3 is 1.39 bits per heavy atom. The van der Waals surface area contributed by atoms with Crippen LogP contribution in [0.3, 0.4) is 0 Å². The van der Waals surface area contributed by atoms with Crippen molar-refractivity contribution in [1.29, 1.82) is 0 Å². The zero-order chi connectivity index (χ0) is 47.3. The first-order valence-electron chi connectivity index (χ1n) is 23.9. The summed E-state index contributed by atoms with van der Waals surface area (Å²) in [5.74, 6) is 0. The molecule has 0 aliphatic heterocycles. The van der Waals surface area contributed by atoms with Crippen LogP contribution in [-0.4, -0.2) is 4.57 Å². The molecule has 0 saturated heterocycles. The van der Waals surface area contributed by atoms with Gasteiger partial charge in [-0.15, -0.1) is 0 Å². The largest absolute Gasteiger partial charge is 0.456 e. The van der Waals surface area contributed by atoms with Crippen molar-refractivity contribution in [2.24, 2.45) is 0 Å². The van der Waals surface area contributed by atoms with Gasteiger partial charge >= 0.3 is 0 Å². The molecule has 0 radical (unpaired) electrons. The summed E-state index contributed by atoms with van der Waals surface area (Å²) in [6.45, 7) is 0. The van der Waals surface area contributed by atoms with E-state index < -0.39 is 0 Å². The van der Waals surface area contributed by atoms with E-state index in [4.69, 9.17) is 16.0 Å². The van der Waals surface area contributed by atoms with Crippen molar-refractivity contribution in [3.8, 4) is 39.1 Å². The number of rotatable bonds is 10. The summed E-state index contributed by atoms with van der Waals surface area (Å²) in [6, 6.07) is 94.8. The molecule has 71 heavy (non-hydrogen) atoms. The fourth-order valence-electron chi connectivity index (χ4n) is 10.5. The molecule has 336 valence electrons. The number of hydrogen-bond donors (Lipinski definition) is 0. The molecule has 2 heterocycles. The van der Waals surface area contributed by atoms with Crippen molar-refractivity contribution in [3.05, 3.63) is 272 Å². The first-order chi connectivity index (χ1) is 35.1. The van der Waals surface area contributed by atoms with E-state index in [-0.39, 0.29) is 0 Å². The zero-order valence-corrected chi connectivity index (χ0v) is 39.3. The second kappa shape index (κ2) is 17.8. The second-order valence-corrected chi connectivity index (χ2v) is 18.3. The van der Waals surface area contributed by atoms with Gasteiger partial charge < -0.3 is 18.8 Å². The molecule has 13 rings (SSSR count). The van der Waals surface area contributed by atoms with E-state index in [0.29, 0.717) is 5.02 Å². The third-order valence-corrected chi connectivity index (χ3v) is 13.8. The predicted octanol–water partition coefficient (Wildman–Crippen LogP) is 19.3. The van der Waals surface area contributed by atoms with Crippen LogP contribution in [0.25, 0.3) is 82.8 Å². The van der Waals surface area contributed by atoms with Crippen molar-refractivity contribution in [2.45, 2.75) is 0 Å². The first kappa shape index (κ1) is 42.0. The van der Waals surface area contributed by atoms with Gasteiger partial charge in [0.25, 0.3) is 0 Å². The van der Waals surface area contributed by atoms with Crippen LogP contribution in [0.15, 0.2) is 271 Å². The number of nitrogens with zero attached hydrogens (tertiary/aromatic N) is 3. The lowest BCUT2D eigenvalue weighted by Crippen LogP contribution is -2.15. The fourth-order valence-corrected chi connectivity index (χ4v) is 10.7.